The Hall–Kier alpha value is -0.860. The molecule has 0 radical (unpaired) electrons. The predicted octanol–water partition coefficient (Wildman–Crippen LogP) is 2.16. The van der Waals surface area contributed by atoms with Gasteiger partial charge in [0.05, 0.1) is 19.3 Å². The van der Waals surface area contributed by atoms with Crippen LogP contribution in [0.4, 0.5) is 0 Å². The monoisotopic (exact) mass is 192 g/mol. The Kier molecular flexibility index (Phi) is 3.17. The quantitative estimate of drug-likeness (QED) is 0.667. The van der Waals surface area contributed by atoms with Gasteiger partial charge in [-0.1, -0.05) is 24.3 Å². The zero-order chi connectivity index (χ0) is 9.80. The SMILES string of the molecule is CCOCc1ccccc1CC1CO1. The van der Waals surface area contributed by atoms with Gasteiger partial charge in [-0.15, -0.1) is 0 Å². The highest BCUT2D eigenvalue weighted by Crippen LogP contribution is 2.19. The van der Waals surface area contributed by atoms with Gasteiger partial charge in [-0.25, -0.2) is 0 Å². The van der Waals surface area contributed by atoms with Crippen molar-refractivity contribution in [2.24, 2.45) is 0 Å². The Bertz CT molecular complexity index is 292. The van der Waals surface area contributed by atoms with E-state index in [2.05, 4.69) is 24.3 Å². The first-order valence-electron chi connectivity index (χ1n) is 5.16. The first kappa shape index (κ1) is 9.69. The molecule has 1 aromatic carbocycles. The minimum atomic E-state index is 0.456. The Morgan fingerprint density at radius 1 is 1.36 bits per heavy atom. The lowest BCUT2D eigenvalue weighted by molar-refractivity contribution is 0.133. The molecule has 1 unspecified atom stereocenters. The molecule has 0 aliphatic carbocycles. The predicted molar refractivity (Wildman–Crippen MR) is 55.2 cm³/mol. The summed E-state index contributed by atoms with van der Waals surface area (Å²) in [5, 5.41) is 0. The molecule has 14 heavy (non-hydrogen) atoms. The maximum absolute atomic E-state index is 5.42. The standard InChI is InChI=1S/C12H16O2/c1-2-13-8-11-6-4-3-5-10(11)7-12-9-14-12/h3-6,12H,2,7-9H2,1H3. The van der Waals surface area contributed by atoms with Gasteiger partial charge in [-0.05, 0) is 18.1 Å². The largest absolute Gasteiger partial charge is 0.377 e. The Balaban J connectivity index is 2.02. The number of ether oxygens (including phenoxy) is 2. The lowest BCUT2D eigenvalue weighted by Crippen LogP contribution is -2.00. The van der Waals surface area contributed by atoms with Crippen molar-refractivity contribution in [1.82, 2.24) is 0 Å². The molecule has 1 fully saturated rings. The zero-order valence-electron chi connectivity index (χ0n) is 8.53. The highest BCUT2D eigenvalue weighted by atomic mass is 16.6. The van der Waals surface area contributed by atoms with E-state index >= 15 is 0 Å². The van der Waals surface area contributed by atoms with Crippen molar-refractivity contribution in [3.8, 4) is 0 Å². The Labute approximate surface area is 84.8 Å². The maximum Gasteiger partial charge on any atom is 0.0850 e. The van der Waals surface area contributed by atoms with Crippen LogP contribution in [0.15, 0.2) is 24.3 Å². The molecular weight excluding hydrogens is 176 g/mol. The number of benzene rings is 1. The van der Waals surface area contributed by atoms with Crippen LogP contribution in [0.5, 0.6) is 0 Å². The van der Waals surface area contributed by atoms with Crippen molar-refractivity contribution < 1.29 is 9.47 Å². The van der Waals surface area contributed by atoms with E-state index in [0.29, 0.717) is 6.10 Å². The van der Waals surface area contributed by atoms with Gasteiger partial charge in [0.1, 0.15) is 0 Å². The summed E-state index contributed by atoms with van der Waals surface area (Å²) in [4.78, 5) is 0. The molecule has 0 bridgehead atoms. The Morgan fingerprint density at radius 2 is 2.07 bits per heavy atom. The molecular formula is C12H16O2. The summed E-state index contributed by atoms with van der Waals surface area (Å²) in [5.74, 6) is 0. The first-order chi connectivity index (χ1) is 6.90. The summed E-state index contributed by atoms with van der Waals surface area (Å²) in [7, 11) is 0. The average molecular weight is 192 g/mol. The van der Waals surface area contributed by atoms with Crippen LogP contribution in [0.2, 0.25) is 0 Å². The third-order valence-electron chi connectivity index (χ3n) is 2.43. The molecule has 1 aliphatic rings. The summed E-state index contributed by atoms with van der Waals surface area (Å²) in [6.45, 7) is 4.43. The molecule has 2 nitrogen and oxygen atoms in total. The van der Waals surface area contributed by atoms with Gasteiger partial charge in [0.25, 0.3) is 0 Å². The molecule has 0 saturated carbocycles. The number of epoxide rings is 1. The van der Waals surface area contributed by atoms with Crippen molar-refractivity contribution in [1.29, 1.82) is 0 Å². The molecule has 1 heterocycles. The fourth-order valence-corrected chi connectivity index (χ4v) is 1.54. The molecule has 2 rings (SSSR count). The van der Waals surface area contributed by atoms with Crippen LogP contribution in [0, 0.1) is 0 Å². The molecule has 1 saturated heterocycles. The molecule has 0 aromatic heterocycles. The van der Waals surface area contributed by atoms with Crippen LogP contribution < -0.4 is 0 Å². The molecule has 1 aromatic rings. The lowest BCUT2D eigenvalue weighted by atomic mass is 10.0. The summed E-state index contributed by atoms with van der Waals surface area (Å²) in [6, 6.07) is 8.43. The number of hydrogen-bond acceptors (Lipinski definition) is 2. The third kappa shape index (κ3) is 2.56. The van der Waals surface area contributed by atoms with Gasteiger partial charge in [0, 0.05) is 13.0 Å². The smallest absolute Gasteiger partial charge is 0.0850 e. The molecule has 0 N–H and O–H groups in total. The van der Waals surface area contributed by atoms with Crippen LogP contribution >= 0.6 is 0 Å². The minimum absolute atomic E-state index is 0.456. The second-order valence-electron chi connectivity index (χ2n) is 3.57. The normalized spacial score (nSPS) is 19.6. The van der Waals surface area contributed by atoms with E-state index in [-0.39, 0.29) is 0 Å². The fraction of sp³-hybridized carbons (Fsp3) is 0.500. The van der Waals surface area contributed by atoms with Crippen molar-refractivity contribution in [2.75, 3.05) is 13.2 Å². The van der Waals surface area contributed by atoms with Gasteiger partial charge >= 0.3 is 0 Å². The van der Waals surface area contributed by atoms with Gasteiger partial charge in [-0.2, -0.15) is 0 Å². The Morgan fingerprint density at radius 3 is 2.71 bits per heavy atom. The highest BCUT2D eigenvalue weighted by Gasteiger charge is 2.23. The molecule has 0 amide bonds. The van der Waals surface area contributed by atoms with Crippen LogP contribution in [-0.2, 0) is 22.5 Å². The van der Waals surface area contributed by atoms with Gasteiger partial charge < -0.3 is 9.47 Å². The number of rotatable bonds is 5. The highest BCUT2D eigenvalue weighted by molar-refractivity contribution is 5.27. The van der Waals surface area contributed by atoms with Crippen molar-refractivity contribution in [2.45, 2.75) is 26.1 Å². The summed E-state index contributed by atoms with van der Waals surface area (Å²) in [5.41, 5.74) is 2.66. The van der Waals surface area contributed by atoms with E-state index in [1.165, 1.54) is 11.1 Å². The van der Waals surface area contributed by atoms with E-state index in [4.69, 9.17) is 9.47 Å². The molecule has 1 atom stereocenters. The lowest BCUT2D eigenvalue weighted by Gasteiger charge is -2.07. The second kappa shape index (κ2) is 4.58. The van der Waals surface area contributed by atoms with Crippen LogP contribution in [0.25, 0.3) is 0 Å². The van der Waals surface area contributed by atoms with E-state index in [0.717, 1.165) is 26.2 Å². The van der Waals surface area contributed by atoms with Crippen molar-refractivity contribution in [3.63, 3.8) is 0 Å². The maximum atomic E-state index is 5.42. The van der Waals surface area contributed by atoms with Crippen molar-refractivity contribution in [3.05, 3.63) is 35.4 Å². The van der Waals surface area contributed by atoms with E-state index < -0.39 is 0 Å². The molecule has 76 valence electrons. The van der Waals surface area contributed by atoms with Crippen molar-refractivity contribution >= 4 is 0 Å². The van der Waals surface area contributed by atoms with Crippen LogP contribution in [0.3, 0.4) is 0 Å². The van der Waals surface area contributed by atoms with Crippen LogP contribution in [-0.4, -0.2) is 19.3 Å². The van der Waals surface area contributed by atoms with Gasteiger partial charge in [-0.3, -0.25) is 0 Å². The fourth-order valence-electron chi connectivity index (χ4n) is 1.54. The summed E-state index contributed by atoms with van der Waals surface area (Å²) in [6.07, 6.45) is 1.49. The minimum Gasteiger partial charge on any atom is -0.377 e. The van der Waals surface area contributed by atoms with E-state index in [9.17, 15) is 0 Å². The van der Waals surface area contributed by atoms with Gasteiger partial charge in [0.15, 0.2) is 0 Å². The van der Waals surface area contributed by atoms with E-state index in [1.54, 1.807) is 0 Å². The number of hydrogen-bond donors (Lipinski definition) is 0. The van der Waals surface area contributed by atoms with E-state index in [1.807, 2.05) is 6.92 Å². The first-order valence-corrected chi connectivity index (χ1v) is 5.16. The van der Waals surface area contributed by atoms with Gasteiger partial charge in [0.2, 0.25) is 0 Å². The molecule has 2 heteroatoms. The average Bonchev–Trinajstić information content (AvgIpc) is 3.01. The zero-order valence-corrected chi connectivity index (χ0v) is 8.53. The summed E-state index contributed by atoms with van der Waals surface area (Å²) < 4.78 is 10.7. The summed E-state index contributed by atoms with van der Waals surface area (Å²) >= 11 is 0. The second-order valence-corrected chi connectivity index (χ2v) is 3.57. The third-order valence-corrected chi connectivity index (χ3v) is 2.43. The molecule has 0 spiro atoms. The topological polar surface area (TPSA) is 21.8 Å². The molecule has 1 aliphatic heterocycles. The van der Waals surface area contributed by atoms with Crippen LogP contribution in [0.1, 0.15) is 18.1 Å².